The number of fused-ring (bicyclic) bond motifs is 1. The van der Waals surface area contributed by atoms with E-state index in [4.69, 9.17) is 0 Å². The minimum Gasteiger partial charge on any atom is -0.507 e. The van der Waals surface area contributed by atoms with Crippen molar-refractivity contribution in [3.8, 4) is 16.3 Å². The van der Waals surface area contributed by atoms with Crippen LogP contribution in [0, 0.1) is 3.57 Å². The van der Waals surface area contributed by atoms with Gasteiger partial charge in [-0.25, -0.2) is 4.98 Å². The number of phenols is 1. The molecular formula is C12H7IN2OS. The van der Waals surface area contributed by atoms with Crippen LogP contribution in [0.5, 0.6) is 5.75 Å². The lowest BCUT2D eigenvalue weighted by atomic mass is 10.2. The van der Waals surface area contributed by atoms with Crippen molar-refractivity contribution in [2.45, 2.75) is 0 Å². The lowest BCUT2D eigenvalue weighted by molar-refractivity contribution is 0.472. The molecule has 0 radical (unpaired) electrons. The lowest BCUT2D eigenvalue weighted by Crippen LogP contribution is -1.78. The monoisotopic (exact) mass is 354 g/mol. The number of thiazole rings is 1. The topological polar surface area (TPSA) is 46.0 Å². The number of hydrogen-bond donors (Lipinski definition) is 1. The molecule has 0 saturated carbocycles. The van der Waals surface area contributed by atoms with Gasteiger partial charge in [-0.2, -0.15) is 0 Å². The van der Waals surface area contributed by atoms with E-state index in [1.807, 2.05) is 18.2 Å². The maximum Gasteiger partial charge on any atom is 0.129 e. The highest BCUT2D eigenvalue weighted by molar-refractivity contribution is 14.1. The molecule has 0 fully saturated rings. The average molecular weight is 354 g/mol. The lowest BCUT2D eigenvalue weighted by Gasteiger charge is -1.99. The summed E-state index contributed by atoms with van der Waals surface area (Å²) < 4.78 is 1.95. The first-order valence-corrected chi connectivity index (χ1v) is 6.83. The molecule has 0 aliphatic rings. The number of halogens is 1. The zero-order valence-electron chi connectivity index (χ0n) is 8.59. The van der Waals surface area contributed by atoms with E-state index >= 15 is 0 Å². The first-order chi connectivity index (χ1) is 8.24. The second-order valence-electron chi connectivity index (χ2n) is 3.53. The third-order valence-corrected chi connectivity index (χ3v) is 4.38. The van der Waals surface area contributed by atoms with Crippen LogP contribution < -0.4 is 0 Å². The van der Waals surface area contributed by atoms with Gasteiger partial charge < -0.3 is 5.11 Å². The van der Waals surface area contributed by atoms with Crippen LogP contribution in [0.2, 0.25) is 0 Å². The Bertz CT molecular complexity index is 663. The molecule has 0 spiro atoms. The molecule has 0 aliphatic heterocycles. The van der Waals surface area contributed by atoms with E-state index in [1.54, 1.807) is 29.8 Å². The van der Waals surface area contributed by atoms with Gasteiger partial charge >= 0.3 is 0 Å². The van der Waals surface area contributed by atoms with Crippen molar-refractivity contribution in [2.24, 2.45) is 0 Å². The third-order valence-electron chi connectivity index (χ3n) is 2.38. The molecule has 2 heterocycles. The Morgan fingerprint density at radius 2 is 2.12 bits per heavy atom. The number of aromatic nitrogens is 2. The van der Waals surface area contributed by atoms with Crippen LogP contribution in [0.15, 0.2) is 36.7 Å². The zero-order chi connectivity index (χ0) is 11.8. The standard InChI is InChI=1S/C12H7IN2OS/c13-8-2-1-7(5-10(8)16)12-15-9-6-14-4-3-11(9)17-12/h1-6,16H. The summed E-state index contributed by atoms with van der Waals surface area (Å²) in [4.78, 5) is 8.54. The second kappa shape index (κ2) is 4.23. The Balaban J connectivity index is 2.17. The Morgan fingerprint density at radius 3 is 2.88 bits per heavy atom. The van der Waals surface area contributed by atoms with Gasteiger partial charge in [0, 0.05) is 11.8 Å². The number of pyridine rings is 1. The van der Waals surface area contributed by atoms with Crippen LogP contribution in [0.1, 0.15) is 0 Å². The second-order valence-corrected chi connectivity index (χ2v) is 5.72. The fourth-order valence-corrected chi connectivity index (χ4v) is 2.81. The molecule has 3 aromatic rings. The van der Waals surface area contributed by atoms with Crippen molar-refractivity contribution >= 4 is 44.1 Å². The van der Waals surface area contributed by atoms with Crippen LogP contribution in [-0.2, 0) is 0 Å². The van der Waals surface area contributed by atoms with E-state index < -0.39 is 0 Å². The van der Waals surface area contributed by atoms with E-state index in [0.29, 0.717) is 5.75 Å². The van der Waals surface area contributed by atoms with Crippen LogP contribution in [-0.4, -0.2) is 15.1 Å². The summed E-state index contributed by atoms with van der Waals surface area (Å²) in [5, 5.41) is 10.6. The number of benzene rings is 1. The molecule has 0 amide bonds. The van der Waals surface area contributed by atoms with Crippen LogP contribution in [0.25, 0.3) is 20.8 Å². The van der Waals surface area contributed by atoms with E-state index in [-0.39, 0.29) is 0 Å². The van der Waals surface area contributed by atoms with Gasteiger partial charge in [-0.1, -0.05) is 6.07 Å². The summed E-state index contributed by atoms with van der Waals surface area (Å²) in [5.74, 6) is 0.292. The zero-order valence-corrected chi connectivity index (χ0v) is 11.6. The van der Waals surface area contributed by atoms with E-state index in [2.05, 4.69) is 32.6 Å². The summed E-state index contributed by atoms with van der Waals surface area (Å²) >= 11 is 3.70. The molecular weight excluding hydrogens is 347 g/mol. The maximum absolute atomic E-state index is 9.69. The smallest absolute Gasteiger partial charge is 0.129 e. The van der Waals surface area contributed by atoms with Gasteiger partial charge in [0.05, 0.1) is 14.5 Å². The summed E-state index contributed by atoms with van der Waals surface area (Å²) in [6.07, 6.45) is 3.51. The molecule has 0 bridgehead atoms. The fourth-order valence-electron chi connectivity index (χ4n) is 1.55. The molecule has 3 nitrogen and oxygen atoms in total. The number of rotatable bonds is 1. The van der Waals surface area contributed by atoms with Crippen LogP contribution in [0.3, 0.4) is 0 Å². The summed E-state index contributed by atoms with van der Waals surface area (Å²) in [6.45, 7) is 0. The molecule has 0 atom stereocenters. The van der Waals surface area contributed by atoms with Gasteiger partial charge in [0.15, 0.2) is 0 Å². The molecule has 1 aromatic carbocycles. The van der Waals surface area contributed by atoms with Gasteiger partial charge in [0.2, 0.25) is 0 Å². The molecule has 17 heavy (non-hydrogen) atoms. The molecule has 5 heteroatoms. The molecule has 0 aliphatic carbocycles. The first kappa shape index (κ1) is 10.9. The van der Waals surface area contributed by atoms with Crippen molar-refractivity contribution < 1.29 is 5.11 Å². The maximum atomic E-state index is 9.69. The quantitative estimate of drug-likeness (QED) is 0.679. The molecule has 2 aromatic heterocycles. The van der Waals surface area contributed by atoms with E-state index in [1.165, 1.54) is 0 Å². The highest BCUT2D eigenvalue weighted by atomic mass is 127. The van der Waals surface area contributed by atoms with Gasteiger partial charge in [-0.05, 0) is 40.8 Å². The largest absolute Gasteiger partial charge is 0.507 e. The highest BCUT2D eigenvalue weighted by Crippen LogP contribution is 2.32. The van der Waals surface area contributed by atoms with Gasteiger partial charge in [-0.3, -0.25) is 4.98 Å². The summed E-state index contributed by atoms with van der Waals surface area (Å²) in [7, 11) is 0. The summed E-state index contributed by atoms with van der Waals surface area (Å²) in [6, 6.07) is 7.54. The molecule has 0 unspecified atom stereocenters. The van der Waals surface area contributed by atoms with Crippen LogP contribution >= 0.6 is 33.9 Å². The predicted octanol–water partition coefficient (Wildman–Crippen LogP) is 3.67. The fraction of sp³-hybridized carbons (Fsp3) is 0. The average Bonchev–Trinajstić information content (AvgIpc) is 2.76. The van der Waals surface area contributed by atoms with Crippen LogP contribution in [0.4, 0.5) is 0 Å². The van der Waals surface area contributed by atoms with Crippen molar-refractivity contribution in [1.29, 1.82) is 0 Å². The minimum atomic E-state index is 0.292. The van der Waals surface area contributed by atoms with Gasteiger partial charge in [0.1, 0.15) is 16.3 Å². The number of phenolic OH excluding ortho intramolecular Hbond substituents is 1. The van der Waals surface area contributed by atoms with E-state index in [9.17, 15) is 5.11 Å². The van der Waals surface area contributed by atoms with Crippen molar-refractivity contribution in [1.82, 2.24) is 9.97 Å². The predicted molar refractivity (Wildman–Crippen MR) is 77.2 cm³/mol. The Kier molecular flexibility index (Phi) is 2.71. The first-order valence-electron chi connectivity index (χ1n) is 4.93. The number of hydrogen-bond acceptors (Lipinski definition) is 4. The van der Waals surface area contributed by atoms with Crippen molar-refractivity contribution in [2.75, 3.05) is 0 Å². The SMILES string of the molecule is Oc1cc(-c2nc3cnccc3s2)ccc1I. The van der Waals surface area contributed by atoms with E-state index in [0.717, 1.165) is 24.4 Å². The van der Waals surface area contributed by atoms with Gasteiger partial charge in [0.25, 0.3) is 0 Å². The Labute approximate surface area is 115 Å². The number of nitrogens with zero attached hydrogens (tertiary/aromatic N) is 2. The Hall–Kier alpha value is -1.21. The van der Waals surface area contributed by atoms with Gasteiger partial charge in [-0.15, -0.1) is 11.3 Å². The van der Waals surface area contributed by atoms with Crippen molar-refractivity contribution in [3.05, 3.63) is 40.2 Å². The number of aromatic hydroxyl groups is 1. The minimum absolute atomic E-state index is 0.292. The van der Waals surface area contributed by atoms with Crippen molar-refractivity contribution in [3.63, 3.8) is 0 Å². The summed E-state index contributed by atoms with van der Waals surface area (Å²) in [5.41, 5.74) is 1.83. The molecule has 3 rings (SSSR count). The third kappa shape index (κ3) is 2.00. The normalized spacial score (nSPS) is 10.9. The molecule has 84 valence electrons. The molecule has 1 N–H and O–H groups in total. The highest BCUT2D eigenvalue weighted by Gasteiger charge is 2.07. The molecule has 0 saturated heterocycles. The Morgan fingerprint density at radius 1 is 1.24 bits per heavy atom.